The van der Waals surface area contributed by atoms with Crippen LogP contribution in [0.2, 0.25) is 24.3 Å². The Labute approximate surface area is 73.5 Å². The van der Waals surface area contributed by atoms with Crippen molar-refractivity contribution in [3.63, 3.8) is 0 Å². The second-order valence-corrected chi connectivity index (χ2v) is 11.2. The molecule has 3 heteroatoms. The van der Waals surface area contributed by atoms with Crippen LogP contribution in [0.3, 0.4) is 0 Å². The van der Waals surface area contributed by atoms with Crippen LogP contribution in [0.5, 0.6) is 0 Å². The van der Waals surface area contributed by atoms with Gasteiger partial charge in [-0.2, -0.15) is 0 Å². The van der Waals surface area contributed by atoms with Gasteiger partial charge in [0.1, 0.15) is 0 Å². The lowest BCUT2D eigenvalue weighted by Crippen LogP contribution is -2.43. The molecule has 0 aromatic carbocycles. The minimum Gasteiger partial charge on any atom is -0.417 e. The van der Waals surface area contributed by atoms with Crippen LogP contribution in [0.1, 0.15) is 19.8 Å². The van der Waals surface area contributed by atoms with Gasteiger partial charge in [0.15, 0.2) is 8.32 Å². The Balaban J connectivity index is 2.49. The van der Waals surface area contributed by atoms with Crippen molar-refractivity contribution in [1.29, 1.82) is 0 Å². The van der Waals surface area contributed by atoms with Crippen molar-refractivity contribution in [2.24, 2.45) is 0 Å². The number of hydrogen-bond acceptors (Lipinski definition) is 1. The molecule has 1 aliphatic heterocycles. The van der Waals surface area contributed by atoms with Crippen LogP contribution in [-0.4, -0.2) is 24.4 Å². The third-order valence-electron chi connectivity index (χ3n) is 3.15. The van der Waals surface area contributed by atoms with Crippen LogP contribution in [0.25, 0.3) is 0 Å². The SMILES string of the molecule is C[SiH2]C(C)[Si]1(C)CCCCO1. The van der Waals surface area contributed by atoms with Crippen LogP contribution >= 0.6 is 0 Å². The zero-order chi connectivity index (χ0) is 8.32. The highest BCUT2D eigenvalue weighted by molar-refractivity contribution is 6.82. The first kappa shape index (κ1) is 9.48. The Kier molecular flexibility index (Phi) is 3.34. The van der Waals surface area contributed by atoms with Crippen molar-refractivity contribution in [3.05, 3.63) is 0 Å². The van der Waals surface area contributed by atoms with Gasteiger partial charge in [0.2, 0.25) is 0 Å². The molecule has 1 fully saturated rings. The van der Waals surface area contributed by atoms with Gasteiger partial charge in [0, 0.05) is 16.1 Å². The average molecular weight is 188 g/mol. The van der Waals surface area contributed by atoms with Crippen LogP contribution in [0.15, 0.2) is 0 Å². The standard InChI is InChI=1S/C8H20OSi2/c1-8(10-2)11(3)7-5-4-6-9-11/h8H,4-7,10H2,1-3H3. The Bertz CT molecular complexity index is 121. The Morgan fingerprint density at radius 2 is 2.18 bits per heavy atom. The molecule has 1 nitrogen and oxygen atoms in total. The molecular formula is C8H20OSi2. The van der Waals surface area contributed by atoms with Crippen molar-refractivity contribution in [3.8, 4) is 0 Å². The van der Waals surface area contributed by atoms with Crippen LogP contribution < -0.4 is 0 Å². The Morgan fingerprint density at radius 1 is 1.45 bits per heavy atom. The van der Waals surface area contributed by atoms with E-state index in [1.807, 2.05) is 0 Å². The smallest absolute Gasteiger partial charge is 0.189 e. The van der Waals surface area contributed by atoms with Gasteiger partial charge in [-0.05, 0) is 24.2 Å². The molecule has 0 spiro atoms. The van der Waals surface area contributed by atoms with E-state index in [9.17, 15) is 0 Å². The first-order valence-electron chi connectivity index (χ1n) is 4.83. The van der Waals surface area contributed by atoms with E-state index in [1.54, 1.807) is 0 Å². The fourth-order valence-corrected chi connectivity index (χ4v) is 8.68. The van der Waals surface area contributed by atoms with Gasteiger partial charge in [-0.15, -0.1) is 0 Å². The molecule has 2 atom stereocenters. The molecule has 0 aliphatic carbocycles. The minimum absolute atomic E-state index is 0.174. The fraction of sp³-hybridized carbons (Fsp3) is 1.00. The van der Waals surface area contributed by atoms with Gasteiger partial charge in [-0.3, -0.25) is 0 Å². The molecule has 2 unspecified atom stereocenters. The highest BCUT2D eigenvalue weighted by Gasteiger charge is 2.35. The molecule has 1 heterocycles. The predicted molar refractivity (Wildman–Crippen MR) is 55.4 cm³/mol. The van der Waals surface area contributed by atoms with Crippen molar-refractivity contribution >= 4 is 17.8 Å². The maximum Gasteiger partial charge on any atom is 0.189 e. The molecule has 0 bridgehead atoms. The molecule has 0 aromatic heterocycles. The van der Waals surface area contributed by atoms with Crippen molar-refractivity contribution in [2.45, 2.75) is 44.1 Å². The average Bonchev–Trinajstić information content (AvgIpc) is 2.04. The Hall–Kier alpha value is 0.394. The van der Waals surface area contributed by atoms with Crippen LogP contribution in [0.4, 0.5) is 0 Å². The lowest BCUT2D eigenvalue weighted by atomic mass is 10.4. The van der Waals surface area contributed by atoms with Gasteiger partial charge in [-0.1, -0.05) is 19.9 Å². The summed E-state index contributed by atoms with van der Waals surface area (Å²) in [6.07, 6.45) is 2.74. The summed E-state index contributed by atoms with van der Waals surface area (Å²) in [5.74, 6) is 0. The second kappa shape index (κ2) is 3.87. The monoisotopic (exact) mass is 188 g/mol. The first-order chi connectivity index (χ1) is 5.19. The summed E-state index contributed by atoms with van der Waals surface area (Å²) in [5, 5.41) is 0.989. The largest absolute Gasteiger partial charge is 0.417 e. The molecule has 66 valence electrons. The molecule has 1 aliphatic rings. The van der Waals surface area contributed by atoms with E-state index < -0.39 is 8.32 Å². The normalized spacial score (nSPS) is 36.3. The zero-order valence-electron chi connectivity index (χ0n) is 8.02. The molecule has 1 rings (SSSR count). The van der Waals surface area contributed by atoms with Gasteiger partial charge in [0.25, 0.3) is 0 Å². The second-order valence-electron chi connectivity index (χ2n) is 3.93. The highest BCUT2D eigenvalue weighted by Crippen LogP contribution is 2.31. The lowest BCUT2D eigenvalue weighted by molar-refractivity contribution is 0.268. The van der Waals surface area contributed by atoms with Gasteiger partial charge >= 0.3 is 0 Å². The number of hydrogen-bond donors (Lipinski definition) is 0. The molecular weight excluding hydrogens is 168 g/mol. The van der Waals surface area contributed by atoms with Gasteiger partial charge < -0.3 is 4.43 Å². The van der Waals surface area contributed by atoms with E-state index in [4.69, 9.17) is 4.43 Å². The Morgan fingerprint density at radius 3 is 2.64 bits per heavy atom. The zero-order valence-corrected chi connectivity index (χ0v) is 10.4. The molecule has 0 radical (unpaired) electrons. The van der Waals surface area contributed by atoms with E-state index >= 15 is 0 Å². The summed E-state index contributed by atoms with van der Waals surface area (Å²) >= 11 is 0. The van der Waals surface area contributed by atoms with Gasteiger partial charge in [-0.25, -0.2) is 0 Å². The number of rotatable bonds is 2. The predicted octanol–water partition coefficient (Wildman–Crippen LogP) is 1.94. The van der Waals surface area contributed by atoms with E-state index in [0.29, 0.717) is 0 Å². The highest BCUT2D eigenvalue weighted by atomic mass is 28.4. The summed E-state index contributed by atoms with van der Waals surface area (Å²) in [6, 6.07) is 1.43. The van der Waals surface area contributed by atoms with Crippen LogP contribution in [-0.2, 0) is 4.43 Å². The topological polar surface area (TPSA) is 9.23 Å². The van der Waals surface area contributed by atoms with Crippen molar-refractivity contribution < 1.29 is 4.43 Å². The van der Waals surface area contributed by atoms with E-state index in [1.165, 1.54) is 18.9 Å². The van der Waals surface area contributed by atoms with Crippen molar-refractivity contribution in [1.82, 2.24) is 0 Å². The molecule has 11 heavy (non-hydrogen) atoms. The summed E-state index contributed by atoms with van der Waals surface area (Å²) in [4.78, 5) is 0. The van der Waals surface area contributed by atoms with Crippen molar-refractivity contribution in [2.75, 3.05) is 6.61 Å². The maximum absolute atomic E-state index is 5.99. The lowest BCUT2D eigenvalue weighted by Gasteiger charge is -2.36. The van der Waals surface area contributed by atoms with Crippen LogP contribution in [0, 0.1) is 0 Å². The molecule has 0 saturated carbocycles. The van der Waals surface area contributed by atoms with E-state index in [-0.39, 0.29) is 9.52 Å². The first-order valence-corrected chi connectivity index (χ1v) is 9.75. The summed E-state index contributed by atoms with van der Waals surface area (Å²) in [6.45, 7) is 8.33. The maximum atomic E-state index is 5.99. The minimum atomic E-state index is -1.18. The summed E-state index contributed by atoms with van der Waals surface area (Å²) in [7, 11) is -1.00. The van der Waals surface area contributed by atoms with E-state index in [0.717, 1.165) is 11.8 Å². The molecule has 0 N–H and O–H groups in total. The molecule has 0 amide bonds. The van der Waals surface area contributed by atoms with E-state index in [2.05, 4.69) is 20.0 Å². The van der Waals surface area contributed by atoms with Gasteiger partial charge in [0.05, 0.1) is 0 Å². The summed E-state index contributed by atoms with van der Waals surface area (Å²) in [5.41, 5.74) is 0. The third kappa shape index (κ3) is 2.16. The molecule has 1 saturated heterocycles. The summed E-state index contributed by atoms with van der Waals surface area (Å²) < 4.78 is 5.99. The fourth-order valence-electron chi connectivity index (χ4n) is 1.78. The molecule has 0 aromatic rings. The third-order valence-corrected chi connectivity index (χ3v) is 12.5. The quantitative estimate of drug-likeness (QED) is 0.602.